The highest BCUT2D eigenvalue weighted by Gasteiger charge is 2.22. The normalized spacial score (nSPS) is 12.4. The predicted octanol–water partition coefficient (Wildman–Crippen LogP) is 3.55. The largest absolute Gasteiger partial charge is 0.479 e. The average molecular weight is 263 g/mol. The SMILES string of the molecule is CCCOC(C(=O)O)c1ccc(Cl)cc1Cl. The zero-order valence-electron chi connectivity index (χ0n) is 8.74. The Morgan fingerprint density at radius 3 is 2.69 bits per heavy atom. The second-order valence-corrected chi connectivity index (χ2v) is 4.10. The lowest BCUT2D eigenvalue weighted by atomic mass is 10.1. The second-order valence-electron chi connectivity index (χ2n) is 3.25. The van der Waals surface area contributed by atoms with Crippen LogP contribution in [-0.4, -0.2) is 17.7 Å². The molecule has 1 unspecified atom stereocenters. The second kappa shape index (κ2) is 6.09. The van der Waals surface area contributed by atoms with Gasteiger partial charge in [0.05, 0.1) is 0 Å². The zero-order chi connectivity index (χ0) is 12.1. The van der Waals surface area contributed by atoms with E-state index in [1.807, 2.05) is 6.92 Å². The van der Waals surface area contributed by atoms with Crippen molar-refractivity contribution in [1.82, 2.24) is 0 Å². The number of rotatable bonds is 5. The summed E-state index contributed by atoms with van der Waals surface area (Å²) in [5.41, 5.74) is 0.423. The Balaban J connectivity index is 2.96. The Hall–Kier alpha value is -0.770. The quantitative estimate of drug-likeness (QED) is 0.883. The monoisotopic (exact) mass is 262 g/mol. The third-order valence-corrected chi connectivity index (χ3v) is 2.52. The van der Waals surface area contributed by atoms with Crippen molar-refractivity contribution in [3.05, 3.63) is 33.8 Å². The van der Waals surface area contributed by atoms with Crippen LogP contribution in [0.3, 0.4) is 0 Å². The minimum absolute atomic E-state index is 0.302. The number of hydrogen-bond acceptors (Lipinski definition) is 2. The van der Waals surface area contributed by atoms with E-state index in [0.29, 0.717) is 22.2 Å². The van der Waals surface area contributed by atoms with E-state index in [2.05, 4.69) is 0 Å². The van der Waals surface area contributed by atoms with Gasteiger partial charge in [-0.3, -0.25) is 0 Å². The molecule has 0 heterocycles. The van der Waals surface area contributed by atoms with E-state index in [4.69, 9.17) is 33.0 Å². The Morgan fingerprint density at radius 1 is 1.50 bits per heavy atom. The van der Waals surface area contributed by atoms with Gasteiger partial charge in [-0.15, -0.1) is 0 Å². The maximum atomic E-state index is 11.0. The molecule has 0 radical (unpaired) electrons. The van der Waals surface area contributed by atoms with Gasteiger partial charge in [-0.05, 0) is 18.6 Å². The van der Waals surface area contributed by atoms with E-state index in [-0.39, 0.29) is 0 Å². The minimum atomic E-state index is -1.06. The first-order valence-corrected chi connectivity index (χ1v) is 5.61. The van der Waals surface area contributed by atoms with Gasteiger partial charge in [-0.2, -0.15) is 0 Å². The first-order valence-electron chi connectivity index (χ1n) is 4.85. The van der Waals surface area contributed by atoms with Gasteiger partial charge in [0.15, 0.2) is 6.10 Å². The zero-order valence-corrected chi connectivity index (χ0v) is 10.3. The van der Waals surface area contributed by atoms with Crippen LogP contribution < -0.4 is 0 Å². The molecule has 88 valence electrons. The molecule has 0 saturated heterocycles. The molecule has 16 heavy (non-hydrogen) atoms. The summed E-state index contributed by atoms with van der Waals surface area (Å²) in [6.45, 7) is 2.28. The van der Waals surface area contributed by atoms with Gasteiger partial charge in [-0.25, -0.2) is 4.79 Å². The van der Waals surface area contributed by atoms with Gasteiger partial charge in [-0.1, -0.05) is 36.2 Å². The molecule has 0 fully saturated rings. The molecule has 0 bridgehead atoms. The maximum Gasteiger partial charge on any atom is 0.337 e. The molecule has 0 aliphatic carbocycles. The van der Waals surface area contributed by atoms with Gasteiger partial charge in [0.2, 0.25) is 0 Å². The Labute approximate surface area is 104 Å². The molecule has 0 aliphatic heterocycles. The van der Waals surface area contributed by atoms with Gasteiger partial charge in [0.1, 0.15) is 0 Å². The van der Waals surface area contributed by atoms with Gasteiger partial charge in [0, 0.05) is 22.2 Å². The molecule has 1 N–H and O–H groups in total. The number of hydrogen-bond donors (Lipinski definition) is 1. The fourth-order valence-corrected chi connectivity index (χ4v) is 1.75. The lowest BCUT2D eigenvalue weighted by Gasteiger charge is -2.14. The van der Waals surface area contributed by atoms with Crippen molar-refractivity contribution < 1.29 is 14.6 Å². The van der Waals surface area contributed by atoms with Gasteiger partial charge >= 0.3 is 5.97 Å². The van der Waals surface area contributed by atoms with E-state index in [9.17, 15) is 4.79 Å². The summed E-state index contributed by atoms with van der Waals surface area (Å²) in [4.78, 5) is 11.0. The van der Waals surface area contributed by atoms with Crippen molar-refractivity contribution in [2.75, 3.05) is 6.61 Å². The van der Waals surface area contributed by atoms with Crippen LogP contribution in [0.25, 0.3) is 0 Å². The molecule has 0 amide bonds. The summed E-state index contributed by atoms with van der Waals surface area (Å²) in [6.07, 6.45) is -0.292. The fourth-order valence-electron chi connectivity index (χ4n) is 1.24. The fraction of sp³-hybridized carbons (Fsp3) is 0.364. The summed E-state index contributed by atoms with van der Waals surface area (Å²) in [7, 11) is 0. The van der Waals surface area contributed by atoms with Crippen molar-refractivity contribution in [3.8, 4) is 0 Å². The molecule has 1 rings (SSSR count). The Bertz CT molecular complexity index is 379. The summed E-state index contributed by atoms with van der Waals surface area (Å²) >= 11 is 11.7. The molecule has 0 saturated carbocycles. The molecule has 3 nitrogen and oxygen atoms in total. The van der Waals surface area contributed by atoms with Crippen molar-refractivity contribution in [1.29, 1.82) is 0 Å². The summed E-state index contributed by atoms with van der Waals surface area (Å²) in [5.74, 6) is -1.06. The molecule has 1 atom stereocenters. The van der Waals surface area contributed by atoms with Crippen LogP contribution in [0.5, 0.6) is 0 Å². The first kappa shape index (κ1) is 13.3. The number of ether oxygens (including phenoxy) is 1. The third-order valence-electron chi connectivity index (χ3n) is 1.96. The number of benzene rings is 1. The summed E-state index contributed by atoms with van der Waals surface area (Å²) < 4.78 is 5.23. The topological polar surface area (TPSA) is 46.5 Å². The molecule has 0 aromatic heterocycles. The van der Waals surface area contributed by atoms with Crippen LogP contribution in [0.2, 0.25) is 10.0 Å². The van der Waals surface area contributed by atoms with Gasteiger partial charge < -0.3 is 9.84 Å². The van der Waals surface area contributed by atoms with Crippen LogP contribution in [0.1, 0.15) is 25.0 Å². The van der Waals surface area contributed by atoms with Crippen molar-refractivity contribution >= 4 is 29.2 Å². The van der Waals surface area contributed by atoms with Crippen LogP contribution >= 0.6 is 23.2 Å². The standard InChI is InChI=1S/C11H12Cl2O3/c1-2-5-16-10(11(14)15)8-4-3-7(12)6-9(8)13/h3-4,6,10H,2,5H2,1H3,(H,14,15). The average Bonchev–Trinajstić information content (AvgIpc) is 2.20. The van der Waals surface area contributed by atoms with Crippen molar-refractivity contribution in [2.45, 2.75) is 19.4 Å². The van der Waals surface area contributed by atoms with E-state index in [0.717, 1.165) is 6.42 Å². The molecule has 0 spiro atoms. The van der Waals surface area contributed by atoms with E-state index < -0.39 is 12.1 Å². The number of aliphatic carboxylic acids is 1. The van der Waals surface area contributed by atoms with Crippen molar-refractivity contribution in [2.24, 2.45) is 0 Å². The number of carboxylic acid groups (broad SMARTS) is 1. The molecule has 0 aliphatic rings. The minimum Gasteiger partial charge on any atom is -0.479 e. The highest BCUT2D eigenvalue weighted by Crippen LogP contribution is 2.28. The lowest BCUT2D eigenvalue weighted by molar-refractivity contribution is -0.150. The Morgan fingerprint density at radius 2 is 2.19 bits per heavy atom. The van der Waals surface area contributed by atoms with Crippen LogP contribution in [0.15, 0.2) is 18.2 Å². The van der Waals surface area contributed by atoms with Crippen LogP contribution in [-0.2, 0) is 9.53 Å². The van der Waals surface area contributed by atoms with E-state index >= 15 is 0 Å². The third kappa shape index (κ3) is 3.37. The lowest BCUT2D eigenvalue weighted by Crippen LogP contribution is -2.16. The number of carboxylic acids is 1. The summed E-state index contributed by atoms with van der Waals surface area (Å²) in [5, 5.41) is 9.80. The predicted molar refractivity (Wildman–Crippen MR) is 63.1 cm³/mol. The summed E-state index contributed by atoms with van der Waals surface area (Å²) in [6, 6.07) is 4.66. The highest BCUT2D eigenvalue weighted by molar-refractivity contribution is 6.35. The highest BCUT2D eigenvalue weighted by atomic mass is 35.5. The van der Waals surface area contributed by atoms with Crippen LogP contribution in [0.4, 0.5) is 0 Å². The first-order chi connectivity index (χ1) is 7.56. The number of carbonyl (C=O) groups is 1. The van der Waals surface area contributed by atoms with Gasteiger partial charge in [0.25, 0.3) is 0 Å². The van der Waals surface area contributed by atoms with E-state index in [1.54, 1.807) is 12.1 Å². The maximum absolute atomic E-state index is 11.0. The molecular formula is C11H12Cl2O3. The van der Waals surface area contributed by atoms with E-state index in [1.165, 1.54) is 6.07 Å². The van der Waals surface area contributed by atoms with Crippen molar-refractivity contribution in [3.63, 3.8) is 0 Å². The smallest absolute Gasteiger partial charge is 0.337 e. The molecule has 1 aromatic carbocycles. The Kier molecular flexibility index (Phi) is 5.06. The molecule has 1 aromatic rings. The molecule has 5 heteroatoms. The number of halogens is 2. The molecular weight excluding hydrogens is 251 g/mol. The van der Waals surface area contributed by atoms with Crippen LogP contribution in [0, 0.1) is 0 Å².